The van der Waals surface area contributed by atoms with Crippen LogP contribution in [0.5, 0.6) is 5.75 Å². The van der Waals surface area contributed by atoms with Crippen molar-refractivity contribution in [3.05, 3.63) is 64.7 Å². The number of carboxylic acid groups (broad SMARTS) is 1. The van der Waals surface area contributed by atoms with E-state index in [1.54, 1.807) is 0 Å². The van der Waals surface area contributed by atoms with Gasteiger partial charge in [0.25, 0.3) is 0 Å². The molecule has 7 heteroatoms. The molecule has 2 rings (SSSR count). The molecule has 0 bridgehead atoms. The maximum atomic E-state index is 12.6. The largest absolute Gasteiger partial charge is 0.546 e. The Bertz CT molecular complexity index is 668. The van der Waals surface area contributed by atoms with Crippen LogP contribution in [0.15, 0.2) is 48.5 Å². The average Bonchev–Trinajstić information content (AvgIpc) is 2.45. The first-order valence-corrected chi connectivity index (χ1v) is 6.45. The Kier molecular flexibility index (Phi) is 4.61. The minimum Gasteiger partial charge on any atom is -0.546 e. The first kappa shape index (κ1) is 16.2. The number of ether oxygens (including phenoxy) is 1. The van der Waals surface area contributed by atoms with Crippen LogP contribution in [-0.2, 0) is 11.0 Å². The zero-order chi connectivity index (χ0) is 16.3. The molecule has 0 fully saturated rings. The van der Waals surface area contributed by atoms with E-state index in [1.165, 1.54) is 30.3 Å². The van der Waals surface area contributed by atoms with Crippen molar-refractivity contribution >= 4 is 17.6 Å². The molecule has 1 atom stereocenters. The highest BCUT2D eigenvalue weighted by molar-refractivity contribution is 6.30. The molecule has 0 heterocycles. The van der Waals surface area contributed by atoms with Gasteiger partial charge >= 0.3 is 6.18 Å². The van der Waals surface area contributed by atoms with Crippen LogP contribution in [0.25, 0.3) is 0 Å². The SMILES string of the molecule is O=C([O-])C(Oc1cccc(C(F)(F)F)c1)c1ccc(Cl)cc1. The molecular formula is C15H9ClF3O3-. The fourth-order valence-corrected chi connectivity index (χ4v) is 1.90. The van der Waals surface area contributed by atoms with Crippen molar-refractivity contribution in [2.24, 2.45) is 0 Å². The van der Waals surface area contributed by atoms with Crippen LogP contribution in [0.1, 0.15) is 17.2 Å². The molecule has 0 saturated heterocycles. The van der Waals surface area contributed by atoms with Crippen LogP contribution >= 0.6 is 11.6 Å². The van der Waals surface area contributed by atoms with Gasteiger partial charge in [0.05, 0.1) is 11.5 Å². The van der Waals surface area contributed by atoms with E-state index in [0.29, 0.717) is 5.02 Å². The molecular weight excluding hydrogens is 321 g/mol. The molecule has 0 N–H and O–H groups in total. The second-order valence-corrected chi connectivity index (χ2v) is 4.83. The highest BCUT2D eigenvalue weighted by Gasteiger charge is 2.30. The molecule has 22 heavy (non-hydrogen) atoms. The van der Waals surface area contributed by atoms with Crippen molar-refractivity contribution in [1.29, 1.82) is 0 Å². The maximum Gasteiger partial charge on any atom is 0.416 e. The third kappa shape index (κ3) is 3.92. The van der Waals surface area contributed by atoms with E-state index in [1.807, 2.05) is 0 Å². The first-order chi connectivity index (χ1) is 10.3. The Balaban J connectivity index is 2.29. The Morgan fingerprint density at radius 3 is 2.32 bits per heavy atom. The van der Waals surface area contributed by atoms with Crippen molar-refractivity contribution in [3.63, 3.8) is 0 Å². The van der Waals surface area contributed by atoms with Crippen LogP contribution in [0.2, 0.25) is 5.02 Å². The molecule has 1 unspecified atom stereocenters. The molecule has 3 nitrogen and oxygen atoms in total. The van der Waals surface area contributed by atoms with E-state index < -0.39 is 23.8 Å². The summed E-state index contributed by atoms with van der Waals surface area (Å²) in [4.78, 5) is 11.2. The highest BCUT2D eigenvalue weighted by Crippen LogP contribution is 2.32. The molecule has 0 aliphatic heterocycles. The number of hydrogen-bond acceptors (Lipinski definition) is 3. The van der Waals surface area contributed by atoms with Gasteiger partial charge in [-0.1, -0.05) is 29.8 Å². The van der Waals surface area contributed by atoms with Gasteiger partial charge in [-0.15, -0.1) is 0 Å². The van der Waals surface area contributed by atoms with Crippen LogP contribution in [-0.4, -0.2) is 5.97 Å². The van der Waals surface area contributed by atoms with Gasteiger partial charge in [-0.3, -0.25) is 0 Å². The summed E-state index contributed by atoms with van der Waals surface area (Å²) in [7, 11) is 0. The summed E-state index contributed by atoms with van der Waals surface area (Å²) in [5, 5.41) is 11.6. The standard InChI is InChI=1S/C15H10ClF3O3/c16-11-6-4-9(5-7-11)13(14(20)21)22-12-3-1-2-10(8-12)15(17,18)19/h1-8,13H,(H,20,21)/p-1. The third-order valence-electron chi connectivity index (χ3n) is 2.80. The van der Waals surface area contributed by atoms with Gasteiger partial charge in [-0.25, -0.2) is 0 Å². The Hall–Kier alpha value is -2.21. The number of rotatable bonds is 4. The number of carbonyl (C=O) groups is 1. The number of halogens is 4. The summed E-state index contributed by atoms with van der Waals surface area (Å²) < 4.78 is 43.0. The van der Waals surface area contributed by atoms with Crippen LogP contribution in [0.3, 0.4) is 0 Å². The Labute approximate surface area is 128 Å². The summed E-state index contributed by atoms with van der Waals surface area (Å²) in [6.45, 7) is 0. The highest BCUT2D eigenvalue weighted by atomic mass is 35.5. The lowest BCUT2D eigenvalue weighted by Gasteiger charge is -2.21. The van der Waals surface area contributed by atoms with Crippen molar-refractivity contribution in [1.82, 2.24) is 0 Å². The number of hydrogen-bond donors (Lipinski definition) is 0. The van der Waals surface area contributed by atoms with Crippen LogP contribution in [0, 0.1) is 0 Å². The molecule has 0 aliphatic carbocycles. The number of carbonyl (C=O) groups excluding carboxylic acids is 1. The van der Waals surface area contributed by atoms with Gasteiger partial charge in [-0.05, 0) is 35.9 Å². The number of carboxylic acids is 1. The minimum absolute atomic E-state index is 0.210. The zero-order valence-corrected chi connectivity index (χ0v) is 11.7. The number of alkyl halides is 3. The molecule has 116 valence electrons. The molecule has 0 spiro atoms. The zero-order valence-electron chi connectivity index (χ0n) is 10.9. The number of benzene rings is 2. The van der Waals surface area contributed by atoms with Gasteiger partial charge in [-0.2, -0.15) is 13.2 Å². The summed E-state index contributed by atoms with van der Waals surface area (Å²) in [5.74, 6) is -1.79. The lowest BCUT2D eigenvalue weighted by atomic mass is 10.1. The summed E-state index contributed by atoms with van der Waals surface area (Å²) in [6, 6.07) is 9.65. The molecule has 0 aromatic heterocycles. The van der Waals surface area contributed by atoms with E-state index in [9.17, 15) is 23.1 Å². The molecule has 2 aromatic rings. The van der Waals surface area contributed by atoms with Crippen molar-refractivity contribution in [2.75, 3.05) is 0 Å². The minimum atomic E-state index is -4.55. The van der Waals surface area contributed by atoms with E-state index >= 15 is 0 Å². The lowest BCUT2D eigenvalue weighted by molar-refractivity contribution is -0.314. The van der Waals surface area contributed by atoms with Crippen molar-refractivity contribution < 1.29 is 27.8 Å². The van der Waals surface area contributed by atoms with E-state index in [-0.39, 0.29) is 11.3 Å². The molecule has 0 radical (unpaired) electrons. The maximum absolute atomic E-state index is 12.6. The van der Waals surface area contributed by atoms with Crippen LogP contribution < -0.4 is 9.84 Å². The fourth-order valence-electron chi connectivity index (χ4n) is 1.77. The molecule has 0 saturated carbocycles. The topological polar surface area (TPSA) is 49.4 Å². The second-order valence-electron chi connectivity index (χ2n) is 4.39. The average molecular weight is 330 g/mol. The summed E-state index contributed by atoms with van der Waals surface area (Å²) in [5.41, 5.74) is -0.722. The smallest absolute Gasteiger partial charge is 0.416 e. The molecule has 0 amide bonds. The normalized spacial score (nSPS) is 12.7. The van der Waals surface area contributed by atoms with Gasteiger partial charge in [0.2, 0.25) is 0 Å². The van der Waals surface area contributed by atoms with Gasteiger partial charge < -0.3 is 14.6 Å². The van der Waals surface area contributed by atoms with Crippen LogP contribution in [0.4, 0.5) is 13.2 Å². The quantitative estimate of drug-likeness (QED) is 0.865. The summed E-state index contributed by atoms with van der Waals surface area (Å²) in [6.07, 6.45) is -6.09. The monoisotopic (exact) mass is 329 g/mol. The van der Waals surface area contributed by atoms with Gasteiger partial charge in [0.15, 0.2) is 6.10 Å². The predicted octanol–water partition coefficient (Wildman–Crippen LogP) is 3.23. The number of aliphatic carboxylic acids is 1. The molecule has 2 aromatic carbocycles. The predicted molar refractivity (Wildman–Crippen MR) is 71.3 cm³/mol. The lowest BCUT2D eigenvalue weighted by Crippen LogP contribution is -2.33. The second kappa shape index (κ2) is 6.27. The Morgan fingerprint density at radius 1 is 1.14 bits per heavy atom. The van der Waals surface area contributed by atoms with Crippen molar-refractivity contribution in [2.45, 2.75) is 12.3 Å². The van der Waals surface area contributed by atoms with E-state index in [2.05, 4.69) is 0 Å². The fraction of sp³-hybridized carbons (Fsp3) is 0.133. The van der Waals surface area contributed by atoms with E-state index in [4.69, 9.17) is 16.3 Å². The first-order valence-electron chi connectivity index (χ1n) is 6.07. The van der Waals surface area contributed by atoms with Crippen molar-refractivity contribution in [3.8, 4) is 5.75 Å². The van der Waals surface area contributed by atoms with Gasteiger partial charge in [0.1, 0.15) is 5.75 Å². The molecule has 0 aliphatic rings. The van der Waals surface area contributed by atoms with E-state index in [0.717, 1.165) is 18.2 Å². The Morgan fingerprint density at radius 2 is 1.77 bits per heavy atom. The third-order valence-corrected chi connectivity index (χ3v) is 3.05. The summed E-state index contributed by atoms with van der Waals surface area (Å²) >= 11 is 5.70. The van der Waals surface area contributed by atoms with Gasteiger partial charge in [0, 0.05) is 5.02 Å².